The van der Waals surface area contributed by atoms with Gasteiger partial charge in [0.2, 0.25) is 5.95 Å². The molecule has 2 aromatic rings. The fourth-order valence-electron chi connectivity index (χ4n) is 1.77. The Morgan fingerprint density at radius 2 is 1.62 bits per heavy atom. The minimum absolute atomic E-state index is 0.00532. The van der Waals surface area contributed by atoms with E-state index >= 15 is 0 Å². The number of rotatable bonds is 5. The van der Waals surface area contributed by atoms with Crippen LogP contribution in [0.5, 0.6) is 0 Å². The lowest BCUT2D eigenvalue weighted by Crippen LogP contribution is -2.24. The molecule has 10 heteroatoms. The summed E-state index contributed by atoms with van der Waals surface area (Å²) in [5, 5.41) is 2.99. The van der Waals surface area contributed by atoms with Crippen molar-refractivity contribution in [2.75, 3.05) is 10.8 Å². The zero-order valence-electron chi connectivity index (χ0n) is 15.1. The highest BCUT2D eigenvalue weighted by Gasteiger charge is 2.32. The minimum Gasteiger partial charge on any atom is -0.352 e. The number of hydrogen-bond donors (Lipinski definition) is 2. The van der Waals surface area contributed by atoms with E-state index < -0.39 is 17.5 Å². The van der Waals surface area contributed by atoms with Crippen LogP contribution in [0.1, 0.15) is 40.3 Å². The van der Waals surface area contributed by atoms with Crippen LogP contribution in [-0.2, 0) is 11.0 Å². The smallest absolute Gasteiger partial charge is 0.352 e. The van der Waals surface area contributed by atoms with Gasteiger partial charge in [-0.25, -0.2) is 10.5 Å². The molecule has 0 spiro atoms. The Bertz CT molecular complexity index is 758. The van der Waals surface area contributed by atoms with Gasteiger partial charge in [-0.3, -0.25) is 4.84 Å². The number of aromatic nitrogens is 4. The van der Waals surface area contributed by atoms with Gasteiger partial charge in [0, 0.05) is 6.04 Å². The molecule has 0 aromatic carbocycles. The molecule has 2 N–H and O–H groups in total. The van der Waals surface area contributed by atoms with Gasteiger partial charge in [0.05, 0.1) is 5.60 Å². The van der Waals surface area contributed by atoms with E-state index in [1.807, 2.05) is 34.6 Å². The molecule has 0 radical (unpaired) electrons. The van der Waals surface area contributed by atoms with E-state index in [0.29, 0.717) is 0 Å². The number of hydrogen-bond acceptors (Lipinski definition) is 7. The summed E-state index contributed by atoms with van der Waals surface area (Å²) in [6, 6.07) is 3.55. The average Bonchev–Trinajstić information content (AvgIpc) is 2.51. The molecular weight excluding hydrogens is 349 g/mol. The van der Waals surface area contributed by atoms with E-state index in [1.54, 1.807) is 0 Å². The number of alkyl halides is 3. The number of anilines is 2. The van der Waals surface area contributed by atoms with Crippen molar-refractivity contribution in [1.29, 1.82) is 0 Å². The van der Waals surface area contributed by atoms with Crippen molar-refractivity contribution in [3.05, 3.63) is 23.9 Å². The molecule has 0 amide bonds. The standard InChI is InChI=1S/C16H21F3N6O/c1-9(2)20-13-22-12(23-14(24-13)25-26-15(3,4)5)10-7-6-8-11(21-10)16(17,18)19/h6-9H,1-5H3,(H2,20,22,23,24,25). The van der Waals surface area contributed by atoms with Gasteiger partial charge in [0.1, 0.15) is 11.4 Å². The molecule has 0 saturated carbocycles. The van der Waals surface area contributed by atoms with E-state index in [9.17, 15) is 13.2 Å². The van der Waals surface area contributed by atoms with Crippen molar-refractivity contribution in [2.45, 2.75) is 52.4 Å². The topological polar surface area (TPSA) is 84.9 Å². The highest BCUT2D eigenvalue weighted by molar-refractivity contribution is 5.53. The third-order valence-electron chi connectivity index (χ3n) is 2.77. The fraction of sp³-hybridized carbons (Fsp3) is 0.500. The van der Waals surface area contributed by atoms with Crippen molar-refractivity contribution < 1.29 is 18.0 Å². The molecule has 2 rings (SSSR count). The van der Waals surface area contributed by atoms with Gasteiger partial charge < -0.3 is 5.32 Å². The maximum absolute atomic E-state index is 12.9. The first-order chi connectivity index (χ1) is 11.9. The molecule has 0 bridgehead atoms. The van der Waals surface area contributed by atoms with E-state index in [2.05, 4.69) is 30.7 Å². The van der Waals surface area contributed by atoms with Crippen molar-refractivity contribution in [3.63, 3.8) is 0 Å². The average molecular weight is 370 g/mol. The molecule has 0 aliphatic carbocycles. The quantitative estimate of drug-likeness (QED) is 0.772. The van der Waals surface area contributed by atoms with Crippen molar-refractivity contribution in [1.82, 2.24) is 19.9 Å². The lowest BCUT2D eigenvalue weighted by Gasteiger charge is -2.19. The van der Waals surface area contributed by atoms with Crippen molar-refractivity contribution in [3.8, 4) is 11.5 Å². The maximum Gasteiger partial charge on any atom is 0.433 e. The summed E-state index contributed by atoms with van der Waals surface area (Å²) < 4.78 is 38.7. The van der Waals surface area contributed by atoms with Crippen LogP contribution in [0.25, 0.3) is 11.5 Å². The first-order valence-corrected chi connectivity index (χ1v) is 7.95. The number of halogens is 3. The lowest BCUT2D eigenvalue weighted by atomic mass is 10.2. The Kier molecular flexibility index (Phi) is 5.65. The van der Waals surface area contributed by atoms with Crippen LogP contribution in [0.2, 0.25) is 0 Å². The maximum atomic E-state index is 12.9. The van der Waals surface area contributed by atoms with Crippen LogP contribution in [0, 0.1) is 0 Å². The highest BCUT2D eigenvalue weighted by atomic mass is 19.4. The van der Waals surface area contributed by atoms with Gasteiger partial charge >= 0.3 is 6.18 Å². The third-order valence-corrected chi connectivity index (χ3v) is 2.77. The zero-order valence-corrected chi connectivity index (χ0v) is 15.1. The molecule has 2 heterocycles. The van der Waals surface area contributed by atoms with Crippen LogP contribution < -0.4 is 10.8 Å². The van der Waals surface area contributed by atoms with Crippen LogP contribution in [0.15, 0.2) is 18.2 Å². The molecule has 0 aliphatic heterocycles. The van der Waals surface area contributed by atoms with Gasteiger partial charge in [-0.2, -0.15) is 28.1 Å². The second-order valence-corrected chi connectivity index (χ2v) is 6.83. The van der Waals surface area contributed by atoms with Crippen LogP contribution in [-0.4, -0.2) is 31.6 Å². The predicted molar refractivity (Wildman–Crippen MR) is 91.3 cm³/mol. The summed E-state index contributed by atoms with van der Waals surface area (Å²) >= 11 is 0. The molecular formula is C16H21F3N6O. The monoisotopic (exact) mass is 370 g/mol. The molecule has 0 aliphatic rings. The summed E-state index contributed by atoms with van der Waals surface area (Å²) in [5.74, 6) is 0.255. The first-order valence-electron chi connectivity index (χ1n) is 7.95. The van der Waals surface area contributed by atoms with Crippen LogP contribution >= 0.6 is 0 Å². The van der Waals surface area contributed by atoms with E-state index in [4.69, 9.17) is 4.84 Å². The molecule has 0 unspecified atom stereocenters. The Hall–Kier alpha value is -2.49. The Balaban J connectivity index is 2.43. The van der Waals surface area contributed by atoms with Crippen molar-refractivity contribution in [2.24, 2.45) is 0 Å². The first kappa shape index (κ1) is 19.8. The number of pyridine rings is 1. The molecule has 2 aromatic heterocycles. The third kappa shape index (κ3) is 5.80. The van der Waals surface area contributed by atoms with E-state index in [1.165, 1.54) is 12.1 Å². The summed E-state index contributed by atoms with van der Waals surface area (Å²) in [4.78, 5) is 21.4. The molecule has 0 fully saturated rings. The molecule has 0 atom stereocenters. The molecule has 26 heavy (non-hydrogen) atoms. The minimum atomic E-state index is -4.56. The van der Waals surface area contributed by atoms with Gasteiger partial charge in [-0.05, 0) is 46.8 Å². The summed E-state index contributed by atoms with van der Waals surface area (Å²) in [7, 11) is 0. The van der Waals surface area contributed by atoms with E-state index in [-0.39, 0.29) is 29.5 Å². The van der Waals surface area contributed by atoms with Gasteiger partial charge in [0.15, 0.2) is 5.82 Å². The van der Waals surface area contributed by atoms with E-state index in [0.717, 1.165) is 6.07 Å². The summed E-state index contributed by atoms with van der Waals surface area (Å²) in [6.45, 7) is 9.23. The zero-order chi connectivity index (χ0) is 19.5. The second-order valence-electron chi connectivity index (χ2n) is 6.83. The number of nitrogens with one attached hydrogen (secondary N) is 2. The van der Waals surface area contributed by atoms with Crippen LogP contribution in [0.4, 0.5) is 25.1 Å². The predicted octanol–water partition coefficient (Wildman–Crippen LogP) is 3.91. The lowest BCUT2D eigenvalue weighted by molar-refractivity contribution is -0.141. The second kappa shape index (κ2) is 7.40. The van der Waals surface area contributed by atoms with Gasteiger partial charge in [-0.1, -0.05) is 6.07 Å². The van der Waals surface area contributed by atoms with Gasteiger partial charge in [0.25, 0.3) is 5.95 Å². The van der Waals surface area contributed by atoms with Crippen LogP contribution in [0.3, 0.4) is 0 Å². The Morgan fingerprint density at radius 1 is 0.962 bits per heavy atom. The SMILES string of the molecule is CC(C)Nc1nc(NOC(C)(C)C)nc(-c2cccc(C(F)(F)F)n2)n1. The normalized spacial score (nSPS) is 12.3. The molecule has 7 nitrogen and oxygen atoms in total. The largest absolute Gasteiger partial charge is 0.433 e. The summed E-state index contributed by atoms with van der Waals surface area (Å²) in [6.07, 6.45) is -4.56. The molecule has 0 saturated heterocycles. The Morgan fingerprint density at radius 3 is 2.19 bits per heavy atom. The molecule has 142 valence electrons. The Labute approximate surface area is 149 Å². The highest BCUT2D eigenvalue weighted by Crippen LogP contribution is 2.29. The number of nitrogens with zero attached hydrogens (tertiary/aromatic N) is 4. The fourth-order valence-corrected chi connectivity index (χ4v) is 1.77. The van der Waals surface area contributed by atoms with Crippen molar-refractivity contribution >= 4 is 11.9 Å². The van der Waals surface area contributed by atoms with Gasteiger partial charge in [-0.15, -0.1) is 0 Å². The summed E-state index contributed by atoms with van der Waals surface area (Å²) in [5.41, 5.74) is 1.04.